The van der Waals surface area contributed by atoms with Crippen molar-refractivity contribution in [3.05, 3.63) is 68.8 Å². The molecule has 2 aliphatic rings. The van der Waals surface area contributed by atoms with Crippen molar-refractivity contribution in [1.82, 2.24) is 24.8 Å². The van der Waals surface area contributed by atoms with E-state index in [-0.39, 0.29) is 17.8 Å². The average Bonchev–Trinajstić information content (AvgIpc) is 3.86. The summed E-state index contributed by atoms with van der Waals surface area (Å²) in [5, 5.41) is 10.8. The fraction of sp³-hybridized carbons (Fsp3) is 0.524. The second-order valence-corrected chi connectivity index (χ2v) is 13.9. The number of aryl methyl sites for hydroxylation is 3. The third-order valence-corrected chi connectivity index (χ3v) is 10.2. The molecule has 54 heavy (non-hydrogen) atoms. The fourth-order valence-electron chi connectivity index (χ4n) is 6.88. The van der Waals surface area contributed by atoms with Gasteiger partial charge in [-0.25, -0.2) is 4.98 Å². The van der Waals surface area contributed by atoms with Crippen LogP contribution in [0.1, 0.15) is 104 Å². The summed E-state index contributed by atoms with van der Waals surface area (Å²) in [6, 6.07) is 6.26. The number of H-pyrrole nitrogens is 2. The minimum atomic E-state index is -0.639. The van der Waals surface area contributed by atoms with Crippen LogP contribution in [0, 0.1) is 20.8 Å². The lowest BCUT2D eigenvalue weighted by atomic mass is 9.98. The summed E-state index contributed by atoms with van der Waals surface area (Å²) in [4.78, 5) is 43.3. The minimum absolute atomic E-state index is 0.0958. The van der Waals surface area contributed by atoms with E-state index < -0.39 is 6.10 Å². The van der Waals surface area contributed by atoms with E-state index in [4.69, 9.17) is 24.2 Å². The number of rotatable bonds is 13. The lowest BCUT2D eigenvalue weighted by Crippen LogP contribution is -2.31. The van der Waals surface area contributed by atoms with Gasteiger partial charge in [0.05, 0.1) is 63.2 Å². The number of carbonyl (C=O) groups excluding carboxylic acids is 2. The van der Waals surface area contributed by atoms with Crippen LogP contribution in [-0.4, -0.2) is 103 Å². The first-order valence-corrected chi connectivity index (χ1v) is 18.9. The number of allylic oxidation sites excluding steroid dienone is 1. The van der Waals surface area contributed by atoms with Gasteiger partial charge in [0, 0.05) is 72.1 Å². The first-order valence-electron chi connectivity index (χ1n) is 18.9. The van der Waals surface area contributed by atoms with Gasteiger partial charge in [-0.05, 0) is 93.5 Å². The van der Waals surface area contributed by atoms with E-state index in [1.165, 1.54) is 12.7 Å². The van der Waals surface area contributed by atoms with Crippen molar-refractivity contribution in [2.75, 3.05) is 60.8 Å². The van der Waals surface area contributed by atoms with Crippen LogP contribution in [0.25, 0.3) is 33.2 Å². The first-order chi connectivity index (χ1) is 25.8. The SMILES string of the molecule is CCC(=O)OC.CCc1c(C)c2cc3[nH]c(cc4nc(c(C)c5nc(cc1[nH]2)C(C)=C5C(=O)N(C)CCOCCOCCOC)CC4C)c(C)c3C(C)O. The number of aliphatic hydroxyl groups is 1. The van der Waals surface area contributed by atoms with E-state index >= 15 is 0 Å². The summed E-state index contributed by atoms with van der Waals surface area (Å²) < 4.78 is 20.5. The van der Waals surface area contributed by atoms with Crippen LogP contribution < -0.4 is 0 Å². The zero-order valence-electron chi connectivity index (χ0n) is 34.0. The molecule has 0 spiro atoms. The highest BCUT2D eigenvalue weighted by Crippen LogP contribution is 2.36. The predicted octanol–water partition coefficient (Wildman–Crippen LogP) is 6.84. The number of hydrogen-bond acceptors (Lipinski definition) is 9. The third-order valence-electron chi connectivity index (χ3n) is 10.2. The monoisotopic (exact) mass is 745 g/mol. The van der Waals surface area contributed by atoms with Crippen molar-refractivity contribution in [3.8, 4) is 0 Å². The quantitative estimate of drug-likeness (QED) is 0.126. The number of carbonyl (C=O) groups is 2. The Morgan fingerprint density at radius 1 is 0.889 bits per heavy atom. The molecule has 2 atom stereocenters. The predicted molar refractivity (Wildman–Crippen MR) is 213 cm³/mol. The third kappa shape index (κ3) is 9.65. The molecule has 294 valence electrons. The summed E-state index contributed by atoms with van der Waals surface area (Å²) in [5.74, 6) is -0.0771. The van der Waals surface area contributed by atoms with Gasteiger partial charge in [-0.1, -0.05) is 20.8 Å². The number of aromatic amines is 2. The maximum absolute atomic E-state index is 14.1. The number of nitrogens with one attached hydrogen (secondary N) is 2. The summed E-state index contributed by atoms with van der Waals surface area (Å²) in [6.07, 6.45) is 1.40. The van der Waals surface area contributed by atoms with Gasteiger partial charge in [0.1, 0.15) is 0 Å². The number of methoxy groups -OCH3 is 2. The van der Waals surface area contributed by atoms with Crippen LogP contribution >= 0.6 is 0 Å². The van der Waals surface area contributed by atoms with Gasteiger partial charge >= 0.3 is 5.97 Å². The number of nitrogens with zero attached hydrogens (tertiary/aromatic N) is 3. The van der Waals surface area contributed by atoms with E-state index in [0.29, 0.717) is 57.3 Å². The molecule has 0 radical (unpaired) electrons. The van der Waals surface area contributed by atoms with Gasteiger partial charge in [0.15, 0.2) is 0 Å². The molecule has 0 aromatic carbocycles. The molecule has 3 aromatic rings. The Balaban J connectivity index is 0.000001000. The lowest BCUT2D eigenvalue weighted by molar-refractivity contribution is -0.140. The van der Waals surface area contributed by atoms with E-state index in [1.54, 1.807) is 26.0 Å². The second-order valence-electron chi connectivity index (χ2n) is 13.9. The van der Waals surface area contributed by atoms with Gasteiger partial charge in [-0.15, -0.1) is 0 Å². The number of ether oxygens (including phenoxy) is 4. The van der Waals surface area contributed by atoms with Crippen molar-refractivity contribution >= 4 is 45.1 Å². The molecule has 0 saturated heterocycles. The molecular formula is C42H59N5O7. The molecule has 5 heterocycles. The Labute approximate surface area is 319 Å². The molecule has 3 N–H and O–H groups in total. The molecular weight excluding hydrogens is 686 g/mol. The van der Waals surface area contributed by atoms with Crippen LogP contribution in [0.2, 0.25) is 0 Å². The van der Waals surface area contributed by atoms with Crippen molar-refractivity contribution in [2.24, 2.45) is 0 Å². The first kappa shape index (κ1) is 42.4. The summed E-state index contributed by atoms with van der Waals surface area (Å²) >= 11 is 0. The number of esters is 1. The van der Waals surface area contributed by atoms with Crippen molar-refractivity contribution in [3.63, 3.8) is 0 Å². The highest BCUT2D eigenvalue weighted by Gasteiger charge is 2.29. The Hall–Kier alpha value is -4.36. The summed E-state index contributed by atoms with van der Waals surface area (Å²) in [5.41, 5.74) is 13.6. The van der Waals surface area contributed by atoms with Gasteiger partial charge in [0.25, 0.3) is 5.91 Å². The molecule has 0 aliphatic carbocycles. The lowest BCUT2D eigenvalue weighted by Gasteiger charge is -2.19. The number of aliphatic hydroxyl groups excluding tert-OH is 1. The van der Waals surface area contributed by atoms with Gasteiger partial charge in [-0.2, -0.15) is 0 Å². The van der Waals surface area contributed by atoms with Crippen LogP contribution in [-0.2, 0) is 41.4 Å². The summed E-state index contributed by atoms with van der Waals surface area (Å²) in [7, 11) is 4.83. The average molecular weight is 746 g/mol. The smallest absolute Gasteiger partial charge is 0.305 e. The number of fused-ring (bicyclic) bond motifs is 8. The highest BCUT2D eigenvalue weighted by molar-refractivity contribution is 6.27. The van der Waals surface area contributed by atoms with Gasteiger partial charge in [-0.3, -0.25) is 14.6 Å². The standard InChI is InChI=1S/C38H51N5O5.C4H8O2/c1-10-27-22(3)30-20-34-35(26(7)44)23(4)31(41-34)18-28-21(2)17-29(39-28)25(6)37-36(24(5)32(42-37)19-33(27)40-30)38(45)43(8)11-12-47-15-16-48-14-13-46-9;1-3-4(5)6-2/h18-21,26,40-41,44H,10-17H2,1-9H3;3H2,1-2H3. The van der Waals surface area contributed by atoms with Crippen molar-refractivity contribution < 1.29 is 33.6 Å². The Morgan fingerprint density at radius 2 is 1.54 bits per heavy atom. The van der Waals surface area contributed by atoms with Crippen molar-refractivity contribution in [2.45, 2.75) is 86.7 Å². The van der Waals surface area contributed by atoms with Crippen LogP contribution in [0.15, 0.2) is 18.2 Å². The van der Waals surface area contributed by atoms with Crippen molar-refractivity contribution in [1.29, 1.82) is 0 Å². The summed E-state index contributed by atoms with van der Waals surface area (Å²) in [6.45, 7) is 18.9. The topological polar surface area (TPSA) is 152 Å². The largest absolute Gasteiger partial charge is 0.469 e. The molecule has 5 rings (SSSR count). The number of aromatic nitrogens is 4. The van der Waals surface area contributed by atoms with Gasteiger partial charge < -0.3 is 38.9 Å². The molecule has 2 aliphatic heterocycles. The maximum atomic E-state index is 14.1. The molecule has 2 unspecified atom stereocenters. The Morgan fingerprint density at radius 3 is 2.15 bits per heavy atom. The van der Waals surface area contributed by atoms with Crippen LogP contribution in [0.3, 0.4) is 0 Å². The number of amides is 1. The zero-order chi connectivity index (χ0) is 39.7. The molecule has 8 bridgehead atoms. The fourth-order valence-corrected chi connectivity index (χ4v) is 6.88. The second kappa shape index (κ2) is 19.3. The molecule has 12 heteroatoms. The number of likely N-dealkylation sites (N-methyl/N-ethyl adjacent to an activating group) is 1. The maximum Gasteiger partial charge on any atom is 0.305 e. The van der Waals surface area contributed by atoms with E-state index in [0.717, 1.165) is 79.8 Å². The van der Waals surface area contributed by atoms with E-state index in [9.17, 15) is 14.7 Å². The Kier molecular flexibility index (Phi) is 15.1. The van der Waals surface area contributed by atoms with Crippen LogP contribution in [0.4, 0.5) is 0 Å². The molecule has 0 fully saturated rings. The Bertz CT molecular complexity index is 2000. The normalized spacial score (nSPS) is 14.5. The highest BCUT2D eigenvalue weighted by atomic mass is 16.5. The van der Waals surface area contributed by atoms with E-state index in [1.807, 2.05) is 27.7 Å². The molecule has 0 saturated carbocycles. The van der Waals surface area contributed by atoms with E-state index in [2.05, 4.69) is 53.7 Å². The zero-order valence-corrected chi connectivity index (χ0v) is 34.0. The van der Waals surface area contributed by atoms with Gasteiger partial charge in [0.2, 0.25) is 0 Å². The number of hydrogen-bond donors (Lipinski definition) is 3. The molecule has 3 aromatic heterocycles. The van der Waals surface area contributed by atoms with Crippen LogP contribution in [0.5, 0.6) is 0 Å². The molecule has 12 nitrogen and oxygen atoms in total. The minimum Gasteiger partial charge on any atom is -0.469 e. The molecule has 1 amide bonds.